The number of fused-ring (bicyclic) bond motifs is 1. The fourth-order valence-electron chi connectivity index (χ4n) is 3.04. The topological polar surface area (TPSA) is 144 Å². The molecule has 0 aliphatic carbocycles. The van der Waals surface area contributed by atoms with Crippen LogP contribution in [-0.2, 0) is 4.79 Å². The summed E-state index contributed by atoms with van der Waals surface area (Å²) in [6.07, 6.45) is 2.32. The molecule has 1 aromatic carbocycles. The van der Waals surface area contributed by atoms with E-state index in [1.54, 1.807) is 18.3 Å². The molecule has 1 amide bonds. The number of rotatable bonds is 10. The number of aliphatic hydroxyl groups is 2. The average Bonchev–Trinajstić information content (AvgIpc) is 3.21. The van der Waals surface area contributed by atoms with Crippen LogP contribution in [0, 0.1) is 11.3 Å². The van der Waals surface area contributed by atoms with Gasteiger partial charge in [0, 0.05) is 32.3 Å². The highest BCUT2D eigenvalue weighted by molar-refractivity contribution is 5.81. The Hall–Kier alpha value is -3.68. The van der Waals surface area contributed by atoms with Gasteiger partial charge in [-0.3, -0.25) is 4.79 Å². The maximum atomic E-state index is 12.1. The number of aromatic nitrogens is 2. The van der Waals surface area contributed by atoms with Crippen molar-refractivity contribution in [3.8, 4) is 11.8 Å². The molecule has 0 saturated heterocycles. The second-order valence-electron chi connectivity index (χ2n) is 6.66. The third-order valence-electron chi connectivity index (χ3n) is 4.54. The number of ether oxygens (including phenoxy) is 1. The van der Waals surface area contributed by atoms with Gasteiger partial charge in [-0.15, -0.1) is 0 Å². The van der Waals surface area contributed by atoms with Gasteiger partial charge in [0.1, 0.15) is 11.6 Å². The lowest BCUT2D eigenvalue weighted by molar-refractivity contribution is -0.132. The van der Waals surface area contributed by atoms with Gasteiger partial charge < -0.3 is 30.5 Å². The van der Waals surface area contributed by atoms with E-state index in [1.165, 1.54) is 4.90 Å². The minimum Gasteiger partial charge on any atom is -0.437 e. The number of nitrogens with one attached hydrogen (secondary N) is 2. The van der Waals surface area contributed by atoms with E-state index < -0.39 is 0 Å². The van der Waals surface area contributed by atoms with Crippen LogP contribution in [0.4, 0.5) is 11.6 Å². The monoisotopic (exact) mass is 424 g/mol. The van der Waals surface area contributed by atoms with Gasteiger partial charge in [0.05, 0.1) is 24.6 Å². The predicted molar refractivity (Wildman–Crippen MR) is 114 cm³/mol. The number of aliphatic hydroxyl groups excluding tert-OH is 2. The molecule has 0 bridgehead atoms. The van der Waals surface area contributed by atoms with Gasteiger partial charge in [-0.05, 0) is 24.6 Å². The van der Waals surface area contributed by atoms with Crippen LogP contribution in [0.15, 0.2) is 42.4 Å². The van der Waals surface area contributed by atoms with E-state index in [0.717, 1.165) is 5.69 Å². The van der Waals surface area contributed by atoms with Crippen molar-refractivity contribution in [2.24, 2.45) is 0 Å². The molecule has 31 heavy (non-hydrogen) atoms. The highest BCUT2D eigenvalue weighted by Gasteiger charge is 2.22. The number of carbonyl (C=O) groups is 1. The summed E-state index contributed by atoms with van der Waals surface area (Å²) in [5.74, 6) is 1.14. The molecular formula is C21H24N6O4. The molecule has 1 aliphatic rings. The van der Waals surface area contributed by atoms with E-state index in [-0.39, 0.29) is 44.2 Å². The van der Waals surface area contributed by atoms with Crippen LogP contribution >= 0.6 is 0 Å². The van der Waals surface area contributed by atoms with Gasteiger partial charge >= 0.3 is 0 Å². The molecule has 2 aromatic rings. The summed E-state index contributed by atoms with van der Waals surface area (Å²) in [6.45, 7) is 0.545. The zero-order chi connectivity index (χ0) is 22.1. The van der Waals surface area contributed by atoms with Crippen molar-refractivity contribution in [1.82, 2.24) is 14.9 Å². The van der Waals surface area contributed by atoms with Crippen LogP contribution in [0.1, 0.15) is 18.5 Å². The summed E-state index contributed by atoms with van der Waals surface area (Å²) in [6, 6.07) is 11.1. The molecule has 1 aromatic heterocycles. The molecule has 3 rings (SSSR count). The quantitative estimate of drug-likeness (QED) is 0.326. The number of benzene rings is 1. The van der Waals surface area contributed by atoms with Gasteiger partial charge in [0.25, 0.3) is 0 Å². The van der Waals surface area contributed by atoms with Crippen molar-refractivity contribution in [3.63, 3.8) is 0 Å². The molecule has 0 radical (unpaired) electrons. The Labute approximate surface area is 179 Å². The largest absolute Gasteiger partial charge is 0.437 e. The number of nitriles is 1. The van der Waals surface area contributed by atoms with Gasteiger partial charge in [-0.1, -0.05) is 12.1 Å². The standard InChI is InChI=1S/C21H24N6O4/c22-14-15(20-25-17-4-1-2-5-18(17)31-20)16-7-9-24-21(26-16)23-8-3-6-19(30)27(10-12-28)11-13-29/h1-2,4-5,7,9,25,28-29H,3,6,8,10-13H2,(H,23,24,26). The SMILES string of the molecule is N#CC(=C1Nc2ccccc2O1)c1ccnc(NCCCC(=O)N(CCO)CCO)n1. The first kappa shape index (κ1) is 22.0. The van der Waals surface area contributed by atoms with Crippen LogP contribution in [-0.4, -0.2) is 63.8 Å². The predicted octanol–water partition coefficient (Wildman–Crippen LogP) is 1.18. The Morgan fingerprint density at radius 1 is 1.23 bits per heavy atom. The van der Waals surface area contributed by atoms with Crippen molar-refractivity contribution in [2.45, 2.75) is 12.8 Å². The molecule has 0 unspecified atom stereocenters. The van der Waals surface area contributed by atoms with Gasteiger partial charge in [0.2, 0.25) is 17.7 Å². The summed E-state index contributed by atoms with van der Waals surface area (Å²) < 4.78 is 5.73. The Morgan fingerprint density at radius 3 is 2.71 bits per heavy atom. The van der Waals surface area contributed by atoms with Gasteiger partial charge in [-0.25, -0.2) is 9.97 Å². The molecular weight excluding hydrogens is 400 g/mol. The van der Waals surface area contributed by atoms with E-state index in [1.807, 2.05) is 18.2 Å². The Bertz CT molecular complexity index is 955. The van der Waals surface area contributed by atoms with Crippen molar-refractivity contribution in [3.05, 3.63) is 48.1 Å². The molecule has 0 atom stereocenters. The fraction of sp³-hybridized carbons (Fsp3) is 0.333. The Kier molecular flexibility index (Phi) is 7.75. The van der Waals surface area contributed by atoms with Crippen LogP contribution in [0.2, 0.25) is 0 Å². The fourth-order valence-corrected chi connectivity index (χ4v) is 3.04. The van der Waals surface area contributed by atoms with E-state index >= 15 is 0 Å². The minimum absolute atomic E-state index is 0.139. The van der Waals surface area contributed by atoms with Crippen molar-refractivity contribution in [1.29, 1.82) is 5.26 Å². The number of para-hydroxylation sites is 2. The van der Waals surface area contributed by atoms with Crippen molar-refractivity contribution >= 4 is 23.1 Å². The maximum absolute atomic E-state index is 12.1. The molecule has 10 heteroatoms. The van der Waals surface area contributed by atoms with Gasteiger partial charge in [0.15, 0.2) is 5.75 Å². The van der Waals surface area contributed by atoms with E-state index in [4.69, 9.17) is 14.9 Å². The normalized spacial score (nSPS) is 13.5. The Balaban J connectivity index is 1.59. The number of hydrogen-bond donors (Lipinski definition) is 4. The zero-order valence-electron chi connectivity index (χ0n) is 16.9. The van der Waals surface area contributed by atoms with Crippen LogP contribution in [0.25, 0.3) is 5.57 Å². The third-order valence-corrected chi connectivity index (χ3v) is 4.54. The molecule has 4 N–H and O–H groups in total. The number of carbonyl (C=O) groups excluding carboxylic acids is 1. The summed E-state index contributed by atoms with van der Waals surface area (Å²) in [7, 11) is 0. The van der Waals surface area contributed by atoms with E-state index in [0.29, 0.717) is 36.2 Å². The lowest BCUT2D eigenvalue weighted by atomic mass is 10.2. The molecule has 10 nitrogen and oxygen atoms in total. The number of hydrogen-bond acceptors (Lipinski definition) is 9. The van der Waals surface area contributed by atoms with Crippen LogP contribution < -0.4 is 15.4 Å². The molecule has 0 spiro atoms. The summed E-state index contributed by atoms with van der Waals surface area (Å²) in [4.78, 5) is 22.1. The molecule has 1 aliphatic heterocycles. The van der Waals surface area contributed by atoms with Crippen molar-refractivity contribution < 1.29 is 19.7 Å². The average molecular weight is 424 g/mol. The maximum Gasteiger partial charge on any atom is 0.223 e. The number of allylic oxidation sites excluding steroid dienone is 1. The summed E-state index contributed by atoms with van der Waals surface area (Å²) in [5.41, 5.74) is 1.43. The number of amides is 1. The summed E-state index contributed by atoms with van der Waals surface area (Å²) >= 11 is 0. The zero-order valence-corrected chi connectivity index (χ0v) is 16.9. The highest BCUT2D eigenvalue weighted by Crippen LogP contribution is 2.35. The lowest BCUT2D eigenvalue weighted by Gasteiger charge is -2.20. The molecule has 0 saturated carbocycles. The number of anilines is 2. The smallest absolute Gasteiger partial charge is 0.223 e. The third kappa shape index (κ3) is 5.69. The van der Waals surface area contributed by atoms with Crippen LogP contribution in [0.3, 0.4) is 0 Å². The van der Waals surface area contributed by atoms with Gasteiger partial charge in [-0.2, -0.15) is 5.26 Å². The highest BCUT2D eigenvalue weighted by atomic mass is 16.5. The first-order valence-corrected chi connectivity index (χ1v) is 9.91. The summed E-state index contributed by atoms with van der Waals surface area (Å²) in [5, 5.41) is 33.8. The number of nitrogens with zero attached hydrogens (tertiary/aromatic N) is 4. The van der Waals surface area contributed by atoms with E-state index in [9.17, 15) is 10.1 Å². The first-order valence-electron chi connectivity index (χ1n) is 9.91. The van der Waals surface area contributed by atoms with E-state index in [2.05, 4.69) is 26.7 Å². The van der Waals surface area contributed by atoms with Crippen molar-refractivity contribution in [2.75, 3.05) is 43.5 Å². The molecule has 2 heterocycles. The molecule has 162 valence electrons. The lowest BCUT2D eigenvalue weighted by Crippen LogP contribution is -2.35. The molecule has 0 fully saturated rings. The Morgan fingerprint density at radius 2 is 2.00 bits per heavy atom. The second-order valence-corrected chi connectivity index (χ2v) is 6.66. The minimum atomic E-state index is -0.148. The van der Waals surface area contributed by atoms with Crippen LogP contribution in [0.5, 0.6) is 5.75 Å². The second kappa shape index (κ2) is 10.9. The first-order chi connectivity index (χ1) is 15.2.